The van der Waals surface area contributed by atoms with Crippen molar-refractivity contribution in [1.29, 1.82) is 0 Å². The first-order valence-electron chi connectivity index (χ1n) is 9.89. The third-order valence-corrected chi connectivity index (χ3v) is 6.54. The van der Waals surface area contributed by atoms with Crippen LogP contribution in [0.25, 0.3) is 0 Å². The van der Waals surface area contributed by atoms with E-state index in [2.05, 4.69) is 19.2 Å². The Labute approximate surface area is 168 Å². The van der Waals surface area contributed by atoms with Crippen molar-refractivity contribution in [1.82, 2.24) is 9.62 Å². The zero-order valence-corrected chi connectivity index (χ0v) is 17.8. The number of carbonyl (C=O) groups is 1. The van der Waals surface area contributed by atoms with E-state index in [4.69, 9.17) is 9.47 Å². The second kappa shape index (κ2) is 10.8. The highest BCUT2D eigenvalue weighted by atomic mass is 32.2. The molecule has 2 rings (SSSR count). The Morgan fingerprint density at radius 3 is 2.39 bits per heavy atom. The maximum Gasteiger partial charge on any atom is 0.258 e. The zero-order valence-electron chi connectivity index (χ0n) is 17.0. The van der Waals surface area contributed by atoms with E-state index in [-0.39, 0.29) is 23.5 Å². The maximum absolute atomic E-state index is 12.6. The number of carbonyl (C=O) groups excluding carboxylic acids is 1. The Bertz CT molecular complexity index is 713. The monoisotopic (exact) mass is 412 g/mol. The predicted octanol–water partition coefficient (Wildman–Crippen LogP) is 2.42. The molecule has 0 aromatic heterocycles. The lowest BCUT2D eigenvalue weighted by Gasteiger charge is -2.26. The van der Waals surface area contributed by atoms with Crippen LogP contribution in [0, 0.1) is 5.92 Å². The third-order valence-electron chi connectivity index (χ3n) is 4.63. The number of sulfonamides is 1. The summed E-state index contributed by atoms with van der Waals surface area (Å²) in [5.41, 5.74) is 0. The molecule has 8 heteroatoms. The van der Waals surface area contributed by atoms with E-state index < -0.39 is 10.0 Å². The molecule has 1 aliphatic heterocycles. The molecule has 1 aromatic carbocycles. The van der Waals surface area contributed by atoms with E-state index in [1.165, 1.54) is 16.4 Å². The van der Waals surface area contributed by atoms with Gasteiger partial charge in [0.25, 0.3) is 5.91 Å². The molecular formula is C20H32N2O5S. The van der Waals surface area contributed by atoms with Crippen molar-refractivity contribution in [2.24, 2.45) is 5.92 Å². The van der Waals surface area contributed by atoms with Gasteiger partial charge in [0.2, 0.25) is 10.0 Å². The van der Waals surface area contributed by atoms with Gasteiger partial charge in [0, 0.05) is 19.1 Å². The van der Waals surface area contributed by atoms with Crippen LogP contribution in [0.1, 0.15) is 40.0 Å². The van der Waals surface area contributed by atoms with Gasteiger partial charge in [-0.25, -0.2) is 8.42 Å². The van der Waals surface area contributed by atoms with E-state index in [9.17, 15) is 13.2 Å². The van der Waals surface area contributed by atoms with Crippen molar-refractivity contribution in [3.63, 3.8) is 0 Å². The van der Waals surface area contributed by atoms with E-state index >= 15 is 0 Å². The minimum atomic E-state index is -3.52. The molecule has 0 radical (unpaired) electrons. The van der Waals surface area contributed by atoms with Gasteiger partial charge >= 0.3 is 0 Å². The van der Waals surface area contributed by atoms with Crippen LogP contribution in [0.3, 0.4) is 0 Å². The minimum absolute atomic E-state index is 0.0932. The Balaban J connectivity index is 1.79. The Morgan fingerprint density at radius 2 is 1.79 bits per heavy atom. The van der Waals surface area contributed by atoms with Crippen LogP contribution >= 0.6 is 0 Å². The molecule has 1 heterocycles. The fourth-order valence-corrected chi connectivity index (χ4v) is 4.42. The van der Waals surface area contributed by atoms with Gasteiger partial charge in [0.1, 0.15) is 5.75 Å². The van der Waals surface area contributed by atoms with Crippen LogP contribution in [-0.4, -0.2) is 57.6 Å². The van der Waals surface area contributed by atoms with Crippen LogP contribution in [0.15, 0.2) is 29.2 Å². The maximum atomic E-state index is 12.6. The van der Waals surface area contributed by atoms with Gasteiger partial charge in [0.05, 0.1) is 18.1 Å². The Hall–Kier alpha value is -1.64. The number of rotatable bonds is 10. The lowest BCUT2D eigenvalue weighted by atomic mass is 10.0. The number of hydrogen-bond donors (Lipinski definition) is 1. The first kappa shape index (κ1) is 22.6. The zero-order chi connectivity index (χ0) is 20.6. The number of benzene rings is 1. The standard InChI is InChI=1S/C20H32N2O5S/c1-16(2)5-4-6-17(3)21-20(23)15-27-18-7-9-19(10-8-18)28(24,25)22-11-13-26-14-12-22/h7-10,16-17H,4-6,11-15H2,1-3H3,(H,21,23). The number of nitrogens with zero attached hydrogens (tertiary/aromatic N) is 1. The average molecular weight is 413 g/mol. The Kier molecular flexibility index (Phi) is 8.72. The van der Waals surface area contributed by atoms with Gasteiger partial charge in [-0.15, -0.1) is 0 Å². The molecular weight excluding hydrogens is 380 g/mol. The van der Waals surface area contributed by atoms with Gasteiger partial charge in [0.15, 0.2) is 6.61 Å². The van der Waals surface area contributed by atoms with Crippen LogP contribution in [0.4, 0.5) is 0 Å². The molecule has 1 N–H and O–H groups in total. The molecule has 1 fully saturated rings. The number of morpholine rings is 1. The SMILES string of the molecule is CC(C)CCCC(C)NC(=O)COc1ccc(S(=O)(=O)N2CCOCC2)cc1. The first-order chi connectivity index (χ1) is 13.3. The van der Waals surface area contributed by atoms with Gasteiger partial charge in [-0.2, -0.15) is 4.31 Å². The molecule has 0 spiro atoms. The average Bonchev–Trinajstić information content (AvgIpc) is 2.67. The fourth-order valence-electron chi connectivity index (χ4n) is 3.01. The van der Waals surface area contributed by atoms with E-state index in [1.807, 2.05) is 6.92 Å². The second-order valence-electron chi connectivity index (χ2n) is 7.57. The fraction of sp³-hybridized carbons (Fsp3) is 0.650. The van der Waals surface area contributed by atoms with Crippen molar-refractivity contribution in [2.75, 3.05) is 32.9 Å². The smallest absolute Gasteiger partial charge is 0.258 e. The lowest BCUT2D eigenvalue weighted by Crippen LogP contribution is -2.40. The number of hydrogen-bond acceptors (Lipinski definition) is 5. The number of ether oxygens (including phenoxy) is 2. The highest BCUT2D eigenvalue weighted by molar-refractivity contribution is 7.89. The number of amides is 1. The third kappa shape index (κ3) is 7.07. The molecule has 0 aliphatic carbocycles. The van der Waals surface area contributed by atoms with Crippen molar-refractivity contribution < 1.29 is 22.7 Å². The molecule has 7 nitrogen and oxygen atoms in total. The van der Waals surface area contributed by atoms with Crippen LogP contribution in [-0.2, 0) is 19.6 Å². The molecule has 158 valence electrons. The normalized spacial score (nSPS) is 16.7. The van der Waals surface area contributed by atoms with Crippen LogP contribution in [0.2, 0.25) is 0 Å². The summed E-state index contributed by atoms with van der Waals surface area (Å²) < 4.78 is 37.3. The molecule has 1 unspecified atom stereocenters. The van der Waals surface area contributed by atoms with Crippen LogP contribution in [0.5, 0.6) is 5.75 Å². The summed E-state index contributed by atoms with van der Waals surface area (Å²) in [4.78, 5) is 12.2. The van der Waals surface area contributed by atoms with E-state index in [1.54, 1.807) is 12.1 Å². The summed E-state index contributed by atoms with van der Waals surface area (Å²) in [6.45, 7) is 7.81. The molecule has 1 amide bonds. The van der Waals surface area contributed by atoms with Gasteiger partial charge in [-0.3, -0.25) is 4.79 Å². The summed E-state index contributed by atoms with van der Waals surface area (Å²) in [6, 6.07) is 6.27. The molecule has 1 atom stereocenters. The summed E-state index contributed by atoms with van der Waals surface area (Å²) in [7, 11) is -3.52. The van der Waals surface area contributed by atoms with E-state index in [0.717, 1.165) is 19.3 Å². The molecule has 0 bridgehead atoms. The summed E-state index contributed by atoms with van der Waals surface area (Å²) >= 11 is 0. The van der Waals surface area contributed by atoms with Crippen molar-refractivity contribution in [3.8, 4) is 5.75 Å². The van der Waals surface area contributed by atoms with Crippen molar-refractivity contribution >= 4 is 15.9 Å². The quantitative estimate of drug-likeness (QED) is 0.638. The van der Waals surface area contributed by atoms with Crippen molar-refractivity contribution in [2.45, 2.75) is 51.0 Å². The first-order valence-corrected chi connectivity index (χ1v) is 11.3. The van der Waals surface area contributed by atoms with Crippen molar-refractivity contribution in [3.05, 3.63) is 24.3 Å². The predicted molar refractivity (Wildman–Crippen MR) is 108 cm³/mol. The summed E-state index contributed by atoms with van der Waals surface area (Å²) in [5, 5.41) is 2.92. The minimum Gasteiger partial charge on any atom is -0.484 e. The van der Waals surface area contributed by atoms with Gasteiger partial charge in [-0.1, -0.05) is 26.7 Å². The topological polar surface area (TPSA) is 84.9 Å². The molecule has 0 saturated carbocycles. The highest BCUT2D eigenvalue weighted by Crippen LogP contribution is 2.20. The lowest BCUT2D eigenvalue weighted by molar-refractivity contribution is -0.123. The second-order valence-corrected chi connectivity index (χ2v) is 9.51. The van der Waals surface area contributed by atoms with Gasteiger partial charge in [-0.05, 0) is 43.5 Å². The summed E-state index contributed by atoms with van der Waals surface area (Å²) in [5.74, 6) is 0.951. The molecule has 1 aromatic rings. The summed E-state index contributed by atoms with van der Waals surface area (Å²) in [6.07, 6.45) is 3.17. The highest BCUT2D eigenvalue weighted by Gasteiger charge is 2.26. The molecule has 1 saturated heterocycles. The van der Waals surface area contributed by atoms with E-state index in [0.29, 0.717) is 38.0 Å². The Morgan fingerprint density at radius 1 is 1.14 bits per heavy atom. The van der Waals surface area contributed by atoms with Crippen LogP contribution < -0.4 is 10.1 Å². The number of nitrogens with one attached hydrogen (secondary N) is 1. The molecule has 1 aliphatic rings. The largest absolute Gasteiger partial charge is 0.484 e. The molecule has 28 heavy (non-hydrogen) atoms. The van der Waals surface area contributed by atoms with Gasteiger partial charge < -0.3 is 14.8 Å².